The molecule has 0 fully saturated rings. The van der Waals surface area contributed by atoms with Crippen LogP contribution in [-0.4, -0.2) is 17.5 Å². The van der Waals surface area contributed by atoms with E-state index < -0.39 is 11.6 Å². The Morgan fingerprint density at radius 2 is 2.13 bits per heavy atom. The molecule has 0 heterocycles. The fourth-order valence-electron chi connectivity index (χ4n) is 0.823. The molecule has 0 radical (unpaired) electrons. The van der Waals surface area contributed by atoms with Gasteiger partial charge in [-0.05, 0) is 19.1 Å². The molecule has 1 unspecified atom stereocenters. The molecule has 0 saturated heterocycles. The summed E-state index contributed by atoms with van der Waals surface area (Å²) < 4.78 is 0. The van der Waals surface area contributed by atoms with Crippen molar-refractivity contribution in [3.05, 3.63) is 35.9 Å². The van der Waals surface area contributed by atoms with Gasteiger partial charge in [-0.3, -0.25) is 0 Å². The van der Waals surface area contributed by atoms with Gasteiger partial charge in [0.2, 0.25) is 0 Å². The topological polar surface area (TPSA) is 64.3 Å². The second kappa shape index (κ2) is 5.11. The van der Waals surface area contributed by atoms with E-state index >= 15 is 0 Å². The molecule has 82 valence electrons. The number of hydrogen-bond acceptors (Lipinski definition) is 4. The van der Waals surface area contributed by atoms with Crippen LogP contribution in [0.5, 0.6) is 0 Å². The summed E-state index contributed by atoms with van der Waals surface area (Å²) >= 11 is 5.54. The molecule has 1 rings (SSSR count). The third kappa shape index (κ3) is 3.87. The second-order valence-electron chi connectivity index (χ2n) is 3.41. The first-order chi connectivity index (χ1) is 7.05. The molecule has 4 nitrogen and oxygen atoms in total. The van der Waals surface area contributed by atoms with Crippen LogP contribution in [0.2, 0.25) is 0 Å². The van der Waals surface area contributed by atoms with Crippen LogP contribution in [0.25, 0.3) is 0 Å². The molecule has 0 aliphatic carbocycles. The van der Waals surface area contributed by atoms with Gasteiger partial charge in [-0.2, -0.15) is 0 Å². The van der Waals surface area contributed by atoms with Gasteiger partial charge in [0, 0.05) is 0 Å². The number of hydroxylamine groups is 1. The molecular weight excluding hydrogens is 216 g/mol. The van der Waals surface area contributed by atoms with Gasteiger partial charge >= 0.3 is 5.97 Å². The zero-order valence-electron chi connectivity index (χ0n) is 8.37. The molecule has 0 bridgehead atoms. The van der Waals surface area contributed by atoms with Gasteiger partial charge in [0.05, 0.1) is 11.4 Å². The van der Waals surface area contributed by atoms with Gasteiger partial charge < -0.3 is 10.6 Å². The lowest BCUT2D eigenvalue weighted by molar-refractivity contribution is 0.00312. The highest BCUT2D eigenvalue weighted by Gasteiger charge is 2.19. The molecule has 0 spiro atoms. The Morgan fingerprint density at radius 3 is 2.67 bits per heavy atom. The first-order valence-corrected chi connectivity index (χ1v) is 4.97. The Kier molecular flexibility index (Phi) is 4.08. The van der Waals surface area contributed by atoms with Gasteiger partial charge in [0.25, 0.3) is 0 Å². The van der Waals surface area contributed by atoms with Crippen molar-refractivity contribution in [2.75, 3.05) is 5.88 Å². The molecule has 3 N–H and O–H groups in total. The van der Waals surface area contributed by atoms with Crippen molar-refractivity contribution in [1.82, 2.24) is 5.48 Å². The number of hydrogen-bond donors (Lipinski definition) is 2. The summed E-state index contributed by atoms with van der Waals surface area (Å²) in [5, 5.41) is 0. The largest absolute Gasteiger partial charge is 0.365 e. The van der Waals surface area contributed by atoms with Crippen molar-refractivity contribution >= 4 is 17.6 Å². The number of alkyl halides is 1. The maximum Gasteiger partial charge on any atom is 0.356 e. The second-order valence-corrected chi connectivity index (χ2v) is 3.68. The van der Waals surface area contributed by atoms with E-state index in [2.05, 4.69) is 5.48 Å². The average molecular weight is 229 g/mol. The molecule has 0 aliphatic rings. The lowest BCUT2D eigenvalue weighted by Crippen LogP contribution is -2.53. The van der Waals surface area contributed by atoms with Crippen molar-refractivity contribution in [3.63, 3.8) is 0 Å². The molecule has 0 aromatic heterocycles. The third-order valence-corrected chi connectivity index (χ3v) is 2.22. The SMILES string of the molecule is CC(N)(CCl)NOC(=O)c1ccccc1. The van der Waals surface area contributed by atoms with Gasteiger partial charge in [0.15, 0.2) is 0 Å². The van der Waals surface area contributed by atoms with Gasteiger partial charge in [-0.1, -0.05) is 18.2 Å². The highest BCUT2D eigenvalue weighted by molar-refractivity contribution is 6.18. The fraction of sp³-hybridized carbons (Fsp3) is 0.300. The predicted molar refractivity (Wildman–Crippen MR) is 58.3 cm³/mol. The highest BCUT2D eigenvalue weighted by atomic mass is 35.5. The summed E-state index contributed by atoms with van der Waals surface area (Å²) in [6, 6.07) is 8.62. The van der Waals surface area contributed by atoms with Crippen LogP contribution in [0.3, 0.4) is 0 Å². The normalized spacial score (nSPS) is 14.3. The standard InChI is InChI=1S/C10H13ClN2O2/c1-10(12,7-11)13-15-9(14)8-5-3-2-4-6-8/h2-6,13H,7,12H2,1H3. The Bertz CT molecular complexity index is 327. The monoisotopic (exact) mass is 228 g/mol. The zero-order valence-corrected chi connectivity index (χ0v) is 9.12. The maximum atomic E-state index is 11.4. The molecule has 1 aromatic rings. The van der Waals surface area contributed by atoms with Crippen molar-refractivity contribution in [2.24, 2.45) is 5.73 Å². The fourth-order valence-corrected chi connectivity index (χ4v) is 0.878. The van der Waals surface area contributed by atoms with E-state index in [0.29, 0.717) is 5.56 Å². The number of nitrogens with two attached hydrogens (primary N) is 1. The van der Waals surface area contributed by atoms with Gasteiger partial charge in [-0.25, -0.2) is 4.79 Å². The maximum absolute atomic E-state index is 11.4. The molecule has 0 aliphatic heterocycles. The van der Waals surface area contributed by atoms with Gasteiger partial charge in [0.1, 0.15) is 5.66 Å². The van der Waals surface area contributed by atoms with Crippen LogP contribution in [0, 0.1) is 0 Å². The Labute approximate surface area is 93.3 Å². The number of rotatable bonds is 4. The Morgan fingerprint density at radius 1 is 1.53 bits per heavy atom. The Hall–Kier alpha value is -1.10. The Balaban J connectivity index is 2.51. The lowest BCUT2D eigenvalue weighted by Gasteiger charge is -2.21. The summed E-state index contributed by atoms with van der Waals surface area (Å²) in [7, 11) is 0. The summed E-state index contributed by atoms with van der Waals surface area (Å²) in [6.45, 7) is 1.62. The zero-order chi connectivity index (χ0) is 11.3. The van der Waals surface area contributed by atoms with E-state index in [9.17, 15) is 4.79 Å². The average Bonchev–Trinajstić information content (AvgIpc) is 2.27. The van der Waals surface area contributed by atoms with Crippen molar-refractivity contribution in [1.29, 1.82) is 0 Å². The number of benzene rings is 1. The van der Waals surface area contributed by atoms with Crippen LogP contribution in [0.15, 0.2) is 30.3 Å². The molecule has 15 heavy (non-hydrogen) atoms. The minimum absolute atomic E-state index is 0.134. The molecule has 5 heteroatoms. The summed E-state index contributed by atoms with van der Waals surface area (Å²) in [5.74, 6) is -0.355. The molecule has 0 amide bonds. The number of nitrogens with one attached hydrogen (secondary N) is 1. The summed E-state index contributed by atoms with van der Waals surface area (Å²) in [6.07, 6.45) is 0. The number of carbonyl (C=O) groups excluding carboxylic acids is 1. The van der Waals surface area contributed by atoms with E-state index in [1.54, 1.807) is 31.2 Å². The van der Waals surface area contributed by atoms with E-state index in [1.165, 1.54) is 0 Å². The van der Waals surface area contributed by atoms with E-state index in [-0.39, 0.29) is 5.88 Å². The summed E-state index contributed by atoms with van der Waals surface area (Å²) in [5.41, 5.74) is 7.55. The molecule has 0 saturated carbocycles. The van der Waals surface area contributed by atoms with Crippen LogP contribution in [-0.2, 0) is 4.84 Å². The van der Waals surface area contributed by atoms with E-state index in [0.717, 1.165) is 0 Å². The molecule has 1 atom stereocenters. The highest BCUT2D eigenvalue weighted by Crippen LogP contribution is 2.02. The van der Waals surface area contributed by atoms with Crippen LogP contribution in [0.4, 0.5) is 0 Å². The van der Waals surface area contributed by atoms with Crippen molar-refractivity contribution in [2.45, 2.75) is 12.6 Å². The molecule has 1 aromatic carbocycles. The first-order valence-electron chi connectivity index (χ1n) is 4.43. The minimum atomic E-state index is -0.925. The third-order valence-electron chi connectivity index (χ3n) is 1.66. The van der Waals surface area contributed by atoms with Crippen molar-refractivity contribution in [3.8, 4) is 0 Å². The summed E-state index contributed by atoms with van der Waals surface area (Å²) in [4.78, 5) is 16.2. The quantitative estimate of drug-likeness (QED) is 0.463. The smallest absolute Gasteiger partial charge is 0.356 e. The number of halogens is 1. The minimum Gasteiger partial charge on any atom is -0.365 e. The van der Waals surface area contributed by atoms with E-state index in [1.807, 2.05) is 6.07 Å². The van der Waals surface area contributed by atoms with E-state index in [4.69, 9.17) is 22.2 Å². The first kappa shape index (κ1) is 12.0. The van der Waals surface area contributed by atoms with Gasteiger partial charge in [-0.15, -0.1) is 17.1 Å². The van der Waals surface area contributed by atoms with Crippen LogP contribution in [0.1, 0.15) is 17.3 Å². The van der Waals surface area contributed by atoms with Crippen molar-refractivity contribution < 1.29 is 9.63 Å². The lowest BCUT2D eigenvalue weighted by atomic mass is 10.2. The van der Waals surface area contributed by atoms with Crippen LogP contribution >= 0.6 is 11.6 Å². The predicted octanol–water partition coefficient (Wildman–Crippen LogP) is 1.26. The molecular formula is C10H13ClN2O2. The van der Waals surface area contributed by atoms with Crippen LogP contribution < -0.4 is 11.2 Å². The number of carbonyl (C=O) groups is 1.